The lowest BCUT2D eigenvalue weighted by Gasteiger charge is -2.43. The van der Waals surface area contributed by atoms with Crippen LogP contribution in [0.15, 0.2) is 60.7 Å². The number of nitrogens with one attached hydrogen (secondary N) is 2. The fourth-order valence-electron chi connectivity index (χ4n) is 15.6. The smallest absolute Gasteiger partial charge is 0.246 e. The molecule has 0 radical (unpaired) electrons. The number of amides is 14. The van der Waals surface area contributed by atoms with Gasteiger partial charge in [-0.15, -0.1) is 0 Å². The zero-order valence-corrected chi connectivity index (χ0v) is 74.5. The second-order valence-corrected chi connectivity index (χ2v) is 35.8. The van der Waals surface area contributed by atoms with E-state index in [0.717, 1.165) is 11.1 Å². The van der Waals surface area contributed by atoms with E-state index in [1.165, 1.54) is 172 Å². The SMILES string of the molecule is CCC(C)[C@@H](C(=O)N(C)[C@@H](C)C(=O)N(C)[C@H](C(=O)N(C)[C@H](C(=O)N(C)[C@H](C(=O)N(C)[C@H](C(=O)N(C)[C@@H](C)C(=O)N(C)[C@H](C(=O)N(C)[C@H](C(=O)N(C)C1CSSCC(C(=O)N[C@H](CO)Cc2ccccc2)N(C)C1=O)C(C)C)C(C)C)C(C)C)C(C)C)C(C)C)C(C)C)N(C)C(=O)[C@H](Cc1ccccc1)NC(=O)[C@@H]1CCC(=O)N1C. The lowest BCUT2D eigenvalue weighted by Crippen LogP contribution is -2.63. The van der Waals surface area contributed by atoms with Crippen molar-refractivity contribution in [3.8, 4) is 0 Å². The topological polar surface area (TPSA) is 322 Å². The van der Waals surface area contributed by atoms with Crippen LogP contribution in [-0.2, 0) is 80.0 Å². The van der Waals surface area contributed by atoms with E-state index in [0.29, 0.717) is 12.8 Å². The van der Waals surface area contributed by atoms with Gasteiger partial charge in [-0.05, 0) is 79.2 Å². The van der Waals surface area contributed by atoms with Crippen molar-refractivity contribution >= 4 is 104 Å². The molecule has 15 atom stereocenters. The molecule has 2 aliphatic heterocycles. The number of aliphatic hydroxyl groups is 1. The largest absolute Gasteiger partial charge is 0.394 e. The van der Waals surface area contributed by atoms with Gasteiger partial charge < -0.3 is 74.5 Å². The molecule has 0 saturated carbocycles. The van der Waals surface area contributed by atoms with Crippen molar-refractivity contribution in [1.29, 1.82) is 0 Å². The molecule has 14 amide bonds. The highest BCUT2D eigenvalue weighted by molar-refractivity contribution is 8.76. The van der Waals surface area contributed by atoms with Crippen molar-refractivity contribution in [2.45, 2.75) is 227 Å². The Morgan fingerprint density at radius 3 is 1.09 bits per heavy atom. The molecule has 4 rings (SSSR count). The summed E-state index contributed by atoms with van der Waals surface area (Å²) in [7, 11) is 20.4. The number of aliphatic hydroxyl groups excluding tert-OH is 1. The van der Waals surface area contributed by atoms with E-state index in [1.54, 1.807) is 90.1 Å². The van der Waals surface area contributed by atoms with Gasteiger partial charge in [0, 0.05) is 109 Å². The molecule has 0 aromatic heterocycles. The summed E-state index contributed by atoms with van der Waals surface area (Å²) in [6.45, 7) is 27.4. The molecule has 31 heteroatoms. The van der Waals surface area contributed by atoms with Crippen molar-refractivity contribution in [1.82, 2.24) is 69.4 Å². The lowest BCUT2D eigenvalue weighted by atomic mass is 9.93. The number of nitrogens with zero attached hydrogens (tertiary/aromatic N) is 12. The summed E-state index contributed by atoms with van der Waals surface area (Å²) in [6, 6.07) is 3.30. The first-order valence-corrected chi connectivity index (χ1v) is 42.3. The molecule has 0 spiro atoms. The predicted molar refractivity (Wildman–Crippen MR) is 444 cm³/mol. The summed E-state index contributed by atoms with van der Waals surface area (Å²) >= 11 is 0. The summed E-state index contributed by atoms with van der Waals surface area (Å²) in [4.78, 5) is 220. The Morgan fingerprint density at radius 2 is 0.737 bits per heavy atom. The molecule has 638 valence electrons. The van der Waals surface area contributed by atoms with E-state index in [4.69, 9.17) is 0 Å². The fraction of sp³-hybridized carbons (Fsp3) is 0.687. The summed E-state index contributed by atoms with van der Waals surface area (Å²) in [5, 5.41) is 16.0. The van der Waals surface area contributed by atoms with Crippen LogP contribution in [0.3, 0.4) is 0 Å². The third-order valence-corrected chi connectivity index (χ3v) is 25.4. The zero-order valence-electron chi connectivity index (χ0n) is 72.9. The summed E-state index contributed by atoms with van der Waals surface area (Å²) in [5.74, 6) is -10.9. The van der Waals surface area contributed by atoms with Gasteiger partial charge in [0.05, 0.1) is 12.6 Å². The van der Waals surface area contributed by atoms with E-state index in [1.807, 2.05) is 74.5 Å². The predicted octanol–water partition coefficient (Wildman–Crippen LogP) is 4.57. The van der Waals surface area contributed by atoms with Crippen LogP contribution in [0.25, 0.3) is 0 Å². The molecule has 3 N–H and O–H groups in total. The molecule has 2 fully saturated rings. The Morgan fingerprint density at radius 1 is 0.412 bits per heavy atom. The zero-order chi connectivity index (χ0) is 86.8. The third-order valence-electron chi connectivity index (χ3n) is 23.0. The van der Waals surface area contributed by atoms with Crippen molar-refractivity contribution in [2.24, 2.45) is 41.4 Å². The molecule has 29 nitrogen and oxygen atoms in total. The number of likely N-dealkylation sites (N-methyl/N-ethyl adjacent to an activating group) is 12. The summed E-state index contributed by atoms with van der Waals surface area (Å²) in [5.41, 5.74) is 1.65. The van der Waals surface area contributed by atoms with Crippen LogP contribution in [0.2, 0.25) is 0 Å². The van der Waals surface area contributed by atoms with E-state index >= 15 is 24.0 Å². The maximum absolute atomic E-state index is 15.3. The van der Waals surface area contributed by atoms with Crippen molar-refractivity contribution in [2.75, 3.05) is 103 Å². The fourth-order valence-corrected chi connectivity index (χ4v) is 18.2. The minimum atomic E-state index is -1.22. The molecular formula is C83H134N14O15S2. The van der Waals surface area contributed by atoms with Gasteiger partial charge in [0.2, 0.25) is 82.7 Å². The quantitative estimate of drug-likeness (QED) is 0.0780. The first-order valence-electron chi connectivity index (χ1n) is 39.8. The minimum absolute atomic E-state index is 0.0842. The number of likely N-dealkylation sites (tertiary alicyclic amines) is 1. The standard InChI is InChI=1S/C83H134N14O15S2/c1-29-53(14)70(97(28)75(104)59(43-57-38-34-31-35-39-57)85-71(100)60-40-41-63(99)88(60)19)83(112)87(18)55(16)74(103)92(23)67(50(8)9)80(109)95(26)69(52(12)13)82(111)96(27)68(51(10)11)81(110)93(24)64(47(2)3)77(106)86(17)54(15)73(102)91(22)66(49(6)7)79(108)94(25)65(48(4)5)78(107)90(21)62-46-114-113-45-61(89(20)76(62)105)72(101)84-58(44-98)42-56-36-32-30-33-37-56/h30-39,47-55,58-62,64-70,98H,29,40-46H2,1-28H3,(H,84,101)(H,85,100)/t53?,54-,55-,58-,59-,60-,61?,62?,64-,65-,66-,67-,68-,69-,70-/m0/s1. The normalized spacial score (nSPS) is 18.5. The molecule has 2 heterocycles. The van der Waals surface area contributed by atoms with Crippen molar-refractivity contribution < 1.29 is 72.2 Å². The number of rotatable bonds is 37. The molecule has 0 aliphatic carbocycles. The Bertz CT molecular complexity index is 3670. The molecule has 0 bridgehead atoms. The Hall–Kier alpha value is -8.32. The highest BCUT2D eigenvalue weighted by atomic mass is 33.1. The van der Waals surface area contributed by atoms with E-state index in [2.05, 4.69) is 10.6 Å². The molecule has 3 unspecified atom stereocenters. The molecule has 2 aliphatic rings. The molecule has 2 aromatic carbocycles. The summed E-state index contributed by atoms with van der Waals surface area (Å²) < 4.78 is 0. The highest BCUT2D eigenvalue weighted by Crippen LogP contribution is 2.32. The van der Waals surface area contributed by atoms with Crippen LogP contribution >= 0.6 is 21.6 Å². The first-order chi connectivity index (χ1) is 53.1. The Balaban J connectivity index is 1.54. The van der Waals surface area contributed by atoms with E-state index < -0.39 is 203 Å². The monoisotopic (exact) mass is 1630 g/mol. The average molecular weight is 1630 g/mol. The average Bonchev–Trinajstić information content (AvgIpc) is 0.908. The number of hydrogen-bond donors (Lipinski definition) is 3. The lowest BCUT2D eigenvalue weighted by molar-refractivity contribution is -0.160. The van der Waals surface area contributed by atoms with Crippen LogP contribution in [0.1, 0.15) is 141 Å². The van der Waals surface area contributed by atoms with Crippen LogP contribution in [0.4, 0.5) is 0 Å². The molecule has 2 aromatic rings. The number of carbonyl (C=O) groups is 14. The second-order valence-electron chi connectivity index (χ2n) is 33.2. The van der Waals surface area contributed by atoms with Gasteiger partial charge in [-0.3, -0.25) is 67.1 Å². The molecule has 114 heavy (non-hydrogen) atoms. The van der Waals surface area contributed by atoms with Crippen LogP contribution in [0, 0.1) is 41.4 Å². The first kappa shape index (κ1) is 98.0. The van der Waals surface area contributed by atoms with Gasteiger partial charge in [-0.25, -0.2) is 0 Å². The van der Waals surface area contributed by atoms with Gasteiger partial charge >= 0.3 is 0 Å². The third kappa shape index (κ3) is 23.5. The van der Waals surface area contributed by atoms with Crippen molar-refractivity contribution in [3.05, 3.63) is 71.8 Å². The Kier molecular flexibility index (Phi) is 37.5. The Labute approximate surface area is 685 Å². The number of benzene rings is 2. The van der Waals surface area contributed by atoms with E-state index in [9.17, 15) is 48.3 Å². The maximum Gasteiger partial charge on any atom is 0.246 e. The number of hydrogen-bond acceptors (Lipinski definition) is 17. The van der Waals surface area contributed by atoms with Gasteiger partial charge in [0.1, 0.15) is 78.5 Å². The van der Waals surface area contributed by atoms with E-state index in [-0.39, 0.29) is 43.3 Å². The molecular weight excluding hydrogens is 1500 g/mol. The number of carbonyl (C=O) groups excluding carboxylic acids is 14. The van der Waals surface area contributed by atoms with Gasteiger partial charge in [-0.2, -0.15) is 0 Å². The van der Waals surface area contributed by atoms with Gasteiger partial charge in [-0.1, -0.05) is 186 Å². The van der Waals surface area contributed by atoms with Gasteiger partial charge in [0.15, 0.2) is 0 Å². The van der Waals surface area contributed by atoms with Crippen LogP contribution in [-0.4, -0.2) is 334 Å². The maximum atomic E-state index is 15.3. The van der Waals surface area contributed by atoms with Gasteiger partial charge in [0.25, 0.3) is 0 Å². The minimum Gasteiger partial charge on any atom is -0.394 e. The molecule has 2 saturated heterocycles. The van der Waals surface area contributed by atoms with Crippen LogP contribution in [0.5, 0.6) is 0 Å². The second kappa shape index (κ2) is 43.6. The summed E-state index contributed by atoms with van der Waals surface area (Å²) in [6.07, 6.45) is 1.36. The highest BCUT2D eigenvalue weighted by Gasteiger charge is 2.49. The van der Waals surface area contributed by atoms with Crippen molar-refractivity contribution in [3.63, 3.8) is 0 Å². The van der Waals surface area contributed by atoms with Crippen LogP contribution < -0.4 is 10.6 Å².